The molecule has 0 aromatic heterocycles. The van der Waals surface area contributed by atoms with E-state index in [0.29, 0.717) is 30.9 Å². The van der Waals surface area contributed by atoms with E-state index in [1.807, 2.05) is 17.9 Å². The van der Waals surface area contributed by atoms with Crippen LogP contribution in [0.25, 0.3) is 0 Å². The van der Waals surface area contributed by atoms with Gasteiger partial charge in [0.2, 0.25) is 0 Å². The van der Waals surface area contributed by atoms with E-state index < -0.39 is 0 Å². The summed E-state index contributed by atoms with van der Waals surface area (Å²) >= 11 is 0. The smallest absolute Gasteiger partial charge is 0.254 e. The molecular weight excluding hydrogens is 355 g/mol. The van der Waals surface area contributed by atoms with Crippen LogP contribution in [0.5, 0.6) is 0 Å². The van der Waals surface area contributed by atoms with E-state index in [-0.39, 0.29) is 11.7 Å². The summed E-state index contributed by atoms with van der Waals surface area (Å²) < 4.78 is 19.9. The molecule has 1 aliphatic heterocycles. The fourth-order valence-electron chi connectivity index (χ4n) is 3.72. The summed E-state index contributed by atoms with van der Waals surface area (Å²) in [6, 6.07) is 11.1. The average molecular weight is 384 g/mol. The molecule has 150 valence electrons. The maximum atomic E-state index is 14.7. The van der Waals surface area contributed by atoms with E-state index in [2.05, 4.69) is 19.1 Å². The fourth-order valence-corrected chi connectivity index (χ4v) is 3.72. The lowest BCUT2D eigenvalue weighted by molar-refractivity contribution is 0.0679. The lowest BCUT2D eigenvalue weighted by atomic mass is 10.0. The van der Waals surface area contributed by atoms with Crippen LogP contribution in [0.4, 0.5) is 10.1 Å². The van der Waals surface area contributed by atoms with Crippen LogP contribution in [-0.2, 0) is 11.3 Å². The number of hydrogen-bond acceptors (Lipinski definition) is 3. The van der Waals surface area contributed by atoms with Crippen molar-refractivity contribution in [2.24, 2.45) is 0 Å². The Morgan fingerprint density at radius 1 is 1.14 bits per heavy atom. The normalized spacial score (nSPS) is 13.8. The number of methoxy groups -OCH3 is 1. The van der Waals surface area contributed by atoms with Crippen molar-refractivity contribution >= 4 is 11.6 Å². The number of amides is 1. The average Bonchev–Trinajstić information content (AvgIpc) is 3.20. The van der Waals surface area contributed by atoms with Crippen LogP contribution in [-0.4, -0.2) is 44.2 Å². The van der Waals surface area contributed by atoms with Crippen LogP contribution in [0, 0.1) is 19.7 Å². The van der Waals surface area contributed by atoms with E-state index in [0.717, 1.165) is 37.1 Å². The van der Waals surface area contributed by atoms with Gasteiger partial charge in [0, 0.05) is 38.9 Å². The largest absolute Gasteiger partial charge is 0.383 e. The van der Waals surface area contributed by atoms with Crippen molar-refractivity contribution < 1.29 is 13.9 Å². The molecule has 3 rings (SSSR count). The van der Waals surface area contributed by atoms with Crippen molar-refractivity contribution in [1.29, 1.82) is 0 Å². The molecule has 0 unspecified atom stereocenters. The Bertz CT molecular complexity index is 831. The number of hydrogen-bond donors (Lipinski definition) is 0. The number of carbonyl (C=O) groups is 1. The highest BCUT2D eigenvalue weighted by molar-refractivity contribution is 5.94. The maximum absolute atomic E-state index is 14.7. The number of ether oxygens (including phenoxy) is 1. The van der Waals surface area contributed by atoms with E-state index in [1.165, 1.54) is 11.6 Å². The molecule has 28 heavy (non-hydrogen) atoms. The quantitative estimate of drug-likeness (QED) is 0.712. The van der Waals surface area contributed by atoms with Crippen molar-refractivity contribution in [3.63, 3.8) is 0 Å². The molecule has 0 saturated carbocycles. The Hall–Kier alpha value is -2.40. The number of benzene rings is 2. The number of aryl methyl sites for hydroxylation is 2. The second-order valence-electron chi connectivity index (χ2n) is 7.51. The van der Waals surface area contributed by atoms with E-state index in [1.54, 1.807) is 24.1 Å². The molecule has 1 heterocycles. The van der Waals surface area contributed by atoms with Gasteiger partial charge in [-0.15, -0.1) is 0 Å². The molecule has 5 heteroatoms. The SMILES string of the molecule is COCCN(Cc1ccc(C)cc1C)C(=O)c1ccc(N2CCCC2)c(F)c1. The summed E-state index contributed by atoms with van der Waals surface area (Å²) in [5, 5.41) is 0. The van der Waals surface area contributed by atoms with Gasteiger partial charge in [-0.05, 0) is 56.0 Å². The first-order valence-corrected chi connectivity index (χ1v) is 9.88. The van der Waals surface area contributed by atoms with Gasteiger partial charge in [0.1, 0.15) is 5.82 Å². The van der Waals surface area contributed by atoms with E-state index in [9.17, 15) is 9.18 Å². The van der Waals surface area contributed by atoms with Crippen LogP contribution in [0.2, 0.25) is 0 Å². The highest BCUT2D eigenvalue weighted by Crippen LogP contribution is 2.25. The van der Waals surface area contributed by atoms with Gasteiger partial charge in [-0.1, -0.05) is 23.8 Å². The van der Waals surface area contributed by atoms with Crippen molar-refractivity contribution in [2.45, 2.75) is 33.2 Å². The molecule has 0 N–H and O–H groups in total. The lowest BCUT2D eigenvalue weighted by Crippen LogP contribution is -2.34. The van der Waals surface area contributed by atoms with Gasteiger partial charge >= 0.3 is 0 Å². The third-order valence-corrected chi connectivity index (χ3v) is 5.35. The second-order valence-corrected chi connectivity index (χ2v) is 7.51. The summed E-state index contributed by atoms with van der Waals surface area (Å²) in [5.41, 5.74) is 4.39. The topological polar surface area (TPSA) is 32.8 Å². The zero-order chi connectivity index (χ0) is 20.1. The molecule has 2 aromatic carbocycles. The molecule has 1 saturated heterocycles. The third kappa shape index (κ3) is 4.71. The van der Waals surface area contributed by atoms with Gasteiger partial charge < -0.3 is 14.5 Å². The summed E-state index contributed by atoms with van der Waals surface area (Å²) in [6.45, 7) is 7.21. The molecule has 1 amide bonds. The zero-order valence-corrected chi connectivity index (χ0v) is 17.0. The van der Waals surface area contributed by atoms with Crippen molar-refractivity contribution in [3.05, 3.63) is 64.5 Å². The van der Waals surface area contributed by atoms with Crippen molar-refractivity contribution in [3.8, 4) is 0 Å². The van der Waals surface area contributed by atoms with Gasteiger partial charge in [-0.2, -0.15) is 0 Å². The van der Waals surface area contributed by atoms with E-state index in [4.69, 9.17) is 4.74 Å². The molecule has 0 spiro atoms. The molecule has 1 fully saturated rings. The summed E-state index contributed by atoms with van der Waals surface area (Å²) in [6.07, 6.45) is 2.17. The Kier molecular flexibility index (Phi) is 6.68. The molecular formula is C23H29FN2O2. The minimum Gasteiger partial charge on any atom is -0.383 e. The van der Waals surface area contributed by atoms with Crippen LogP contribution in [0.1, 0.15) is 39.9 Å². The summed E-state index contributed by atoms with van der Waals surface area (Å²) in [7, 11) is 1.62. The Balaban J connectivity index is 1.81. The minimum absolute atomic E-state index is 0.177. The number of carbonyl (C=O) groups excluding carboxylic acids is 1. The van der Waals surface area contributed by atoms with Crippen LogP contribution < -0.4 is 4.90 Å². The summed E-state index contributed by atoms with van der Waals surface area (Å²) in [4.78, 5) is 16.9. The highest BCUT2D eigenvalue weighted by atomic mass is 19.1. The lowest BCUT2D eigenvalue weighted by Gasteiger charge is -2.24. The molecule has 4 nitrogen and oxygen atoms in total. The molecule has 0 radical (unpaired) electrons. The summed E-state index contributed by atoms with van der Waals surface area (Å²) in [5.74, 6) is -0.505. The predicted molar refractivity (Wildman–Crippen MR) is 110 cm³/mol. The third-order valence-electron chi connectivity index (χ3n) is 5.35. The Labute approximate surface area is 166 Å². The van der Waals surface area contributed by atoms with Crippen molar-refractivity contribution in [2.75, 3.05) is 38.3 Å². The van der Waals surface area contributed by atoms with Gasteiger partial charge in [0.25, 0.3) is 5.91 Å². The van der Waals surface area contributed by atoms with Crippen LogP contribution >= 0.6 is 0 Å². The Morgan fingerprint density at radius 3 is 2.54 bits per heavy atom. The Morgan fingerprint density at radius 2 is 1.89 bits per heavy atom. The van der Waals surface area contributed by atoms with Gasteiger partial charge in [0.15, 0.2) is 0 Å². The predicted octanol–water partition coefficient (Wildman–Crippen LogP) is 4.33. The van der Waals surface area contributed by atoms with Crippen LogP contribution in [0.15, 0.2) is 36.4 Å². The van der Waals surface area contributed by atoms with Gasteiger partial charge in [-0.3, -0.25) is 4.79 Å². The molecule has 0 aliphatic carbocycles. The number of rotatable bonds is 7. The monoisotopic (exact) mass is 384 g/mol. The van der Waals surface area contributed by atoms with Gasteiger partial charge in [-0.25, -0.2) is 4.39 Å². The van der Waals surface area contributed by atoms with E-state index >= 15 is 0 Å². The first kappa shape index (κ1) is 20.3. The first-order chi connectivity index (χ1) is 13.5. The maximum Gasteiger partial charge on any atom is 0.254 e. The molecule has 1 aliphatic rings. The van der Waals surface area contributed by atoms with Crippen LogP contribution in [0.3, 0.4) is 0 Å². The second kappa shape index (κ2) is 9.20. The minimum atomic E-state index is -0.328. The van der Waals surface area contributed by atoms with Gasteiger partial charge in [0.05, 0.1) is 12.3 Å². The number of halogens is 1. The molecule has 2 aromatic rings. The first-order valence-electron chi connectivity index (χ1n) is 9.88. The standard InChI is InChI=1S/C23H29FN2O2/c1-17-6-7-20(18(2)14-17)16-26(12-13-28-3)23(27)19-8-9-22(21(24)15-19)25-10-4-5-11-25/h6-9,14-15H,4-5,10-13,16H2,1-3H3. The zero-order valence-electron chi connectivity index (χ0n) is 17.0. The molecule has 0 bridgehead atoms. The molecule has 0 atom stereocenters. The van der Waals surface area contributed by atoms with Crippen molar-refractivity contribution in [1.82, 2.24) is 4.90 Å². The number of nitrogens with zero attached hydrogens (tertiary/aromatic N) is 2. The number of anilines is 1. The highest BCUT2D eigenvalue weighted by Gasteiger charge is 2.21. The fraction of sp³-hybridized carbons (Fsp3) is 0.435.